The normalized spacial score (nSPS) is 27.3. The Bertz CT molecular complexity index is 232. The SMILES string of the molecule is CC(C)CC1(C(N)C2CCCCCC2)CCCC1. The Hall–Kier alpha value is -0.0400. The molecule has 0 aromatic rings. The molecule has 0 heterocycles. The maximum Gasteiger partial charge on any atom is 0.0124 e. The first kappa shape index (κ1) is 14.4. The fourth-order valence-corrected chi connectivity index (χ4v) is 4.74. The van der Waals surface area contributed by atoms with E-state index in [4.69, 9.17) is 5.73 Å². The zero-order chi connectivity index (χ0) is 13.0. The second-order valence-corrected chi connectivity index (χ2v) is 7.44. The molecule has 0 amide bonds. The predicted molar refractivity (Wildman–Crippen MR) is 79.5 cm³/mol. The van der Waals surface area contributed by atoms with E-state index in [2.05, 4.69) is 13.8 Å². The molecule has 2 aliphatic rings. The molecule has 2 N–H and O–H groups in total. The molecular formula is C17H33N. The highest BCUT2D eigenvalue weighted by Crippen LogP contribution is 2.48. The van der Waals surface area contributed by atoms with Crippen molar-refractivity contribution in [1.82, 2.24) is 0 Å². The van der Waals surface area contributed by atoms with Gasteiger partial charge in [-0.15, -0.1) is 0 Å². The molecule has 0 saturated heterocycles. The average molecular weight is 251 g/mol. The number of hydrogen-bond acceptors (Lipinski definition) is 1. The molecule has 0 aliphatic heterocycles. The summed E-state index contributed by atoms with van der Waals surface area (Å²) in [7, 11) is 0. The molecule has 0 aromatic heterocycles. The van der Waals surface area contributed by atoms with Gasteiger partial charge in [0.25, 0.3) is 0 Å². The summed E-state index contributed by atoms with van der Waals surface area (Å²) in [6.07, 6.45) is 15.6. The van der Waals surface area contributed by atoms with Crippen LogP contribution >= 0.6 is 0 Å². The van der Waals surface area contributed by atoms with E-state index >= 15 is 0 Å². The Kier molecular flexibility index (Phi) is 5.12. The molecule has 2 rings (SSSR count). The van der Waals surface area contributed by atoms with Crippen molar-refractivity contribution in [2.24, 2.45) is 23.0 Å². The van der Waals surface area contributed by atoms with Crippen molar-refractivity contribution < 1.29 is 0 Å². The minimum Gasteiger partial charge on any atom is -0.327 e. The van der Waals surface area contributed by atoms with Gasteiger partial charge in [0.05, 0.1) is 0 Å². The first-order valence-corrected chi connectivity index (χ1v) is 8.40. The quantitative estimate of drug-likeness (QED) is 0.707. The summed E-state index contributed by atoms with van der Waals surface area (Å²) in [5.41, 5.74) is 7.31. The molecule has 1 heteroatoms. The lowest BCUT2D eigenvalue weighted by atomic mass is 9.67. The molecule has 1 atom stereocenters. The maximum absolute atomic E-state index is 6.81. The van der Waals surface area contributed by atoms with Crippen LogP contribution in [-0.2, 0) is 0 Å². The summed E-state index contributed by atoms with van der Waals surface area (Å²) in [6.45, 7) is 4.75. The van der Waals surface area contributed by atoms with Gasteiger partial charge in [0.1, 0.15) is 0 Å². The van der Waals surface area contributed by atoms with Crippen LogP contribution in [0.15, 0.2) is 0 Å². The van der Waals surface area contributed by atoms with Crippen molar-refractivity contribution in [2.45, 2.75) is 90.5 Å². The highest BCUT2D eigenvalue weighted by molar-refractivity contribution is 4.97. The lowest BCUT2D eigenvalue weighted by Crippen LogP contribution is -2.46. The fourth-order valence-electron chi connectivity index (χ4n) is 4.74. The topological polar surface area (TPSA) is 26.0 Å². The van der Waals surface area contributed by atoms with E-state index in [0.29, 0.717) is 11.5 Å². The summed E-state index contributed by atoms with van der Waals surface area (Å²) in [6, 6.07) is 0.487. The second-order valence-electron chi connectivity index (χ2n) is 7.44. The van der Waals surface area contributed by atoms with E-state index in [1.165, 1.54) is 70.6 Å². The van der Waals surface area contributed by atoms with Crippen molar-refractivity contribution in [3.63, 3.8) is 0 Å². The molecule has 2 fully saturated rings. The van der Waals surface area contributed by atoms with Crippen LogP contribution < -0.4 is 5.73 Å². The molecule has 0 bridgehead atoms. The van der Waals surface area contributed by atoms with Crippen LogP contribution in [0.3, 0.4) is 0 Å². The van der Waals surface area contributed by atoms with Gasteiger partial charge < -0.3 is 5.73 Å². The average Bonchev–Trinajstić information content (AvgIpc) is 2.64. The molecule has 18 heavy (non-hydrogen) atoms. The van der Waals surface area contributed by atoms with E-state index in [0.717, 1.165) is 11.8 Å². The van der Waals surface area contributed by atoms with Crippen LogP contribution in [0, 0.1) is 17.3 Å². The van der Waals surface area contributed by atoms with Gasteiger partial charge in [-0.3, -0.25) is 0 Å². The number of rotatable bonds is 4. The monoisotopic (exact) mass is 251 g/mol. The zero-order valence-electron chi connectivity index (χ0n) is 12.6. The van der Waals surface area contributed by atoms with Crippen molar-refractivity contribution >= 4 is 0 Å². The van der Waals surface area contributed by atoms with Gasteiger partial charge in [0, 0.05) is 6.04 Å². The third-order valence-electron chi connectivity index (χ3n) is 5.53. The Labute approximate surface area is 114 Å². The smallest absolute Gasteiger partial charge is 0.0124 e. The van der Waals surface area contributed by atoms with Crippen LogP contribution in [0.4, 0.5) is 0 Å². The van der Waals surface area contributed by atoms with E-state index < -0.39 is 0 Å². The minimum absolute atomic E-state index is 0.487. The predicted octanol–water partition coefficient (Wildman–Crippen LogP) is 4.89. The van der Waals surface area contributed by atoms with Gasteiger partial charge >= 0.3 is 0 Å². The van der Waals surface area contributed by atoms with Crippen LogP contribution in [0.25, 0.3) is 0 Å². The molecule has 1 unspecified atom stereocenters. The molecule has 0 aromatic carbocycles. The van der Waals surface area contributed by atoms with Gasteiger partial charge in [-0.05, 0) is 49.4 Å². The van der Waals surface area contributed by atoms with Gasteiger partial charge in [-0.1, -0.05) is 52.4 Å². The Morgan fingerprint density at radius 2 is 1.50 bits per heavy atom. The van der Waals surface area contributed by atoms with E-state index in [9.17, 15) is 0 Å². The number of hydrogen-bond donors (Lipinski definition) is 1. The Morgan fingerprint density at radius 3 is 2.00 bits per heavy atom. The van der Waals surface area contributed by atoms with Gasteiger partial charge in [0.15, 0.2) is 0 Å². The Balaban J connectivity index is 2.04. The molecule has 0 radical (unpaired) electrons. The van der Waals surface area contributed by atoms with Crippen molar-refractivity contribution in [3.8, 4) is 0 Å². The van der Waals surface area contributed by atoms with Crippen molar-refractivity contribution in [3.05, 3.63) is 0 Å². The minimum atomic E-state index is 0.487. The van der Waals surface area contributed by atoms with Gasteiger partial charge in [-0.2, -0.15) is 0 Å². The van der Waals surface area contributed by atoms with Crippen LogP contribution in [0.5, 0.6) is 0 Å². The number of nitrogens with two attached hydrogens (primary N) is 1. The summed E-state index contributed by atoms with van der Waals surface area (Å²) >= 11 is 0. The lowest BCUT2D eigenvalue weighted by Gasteiger charge is -2.41. The standard InChI is InChI=1S/C17H33N/c1-14(2)13-17(11-7-8-12-17)16(18)15-9-5-3-4-6-10-15/h14-16H,3-13,18H2,1-2H3. The summed E-state index contributed by atoms with van der Waals surface area (Å²) < 4.78 is 0. The van der Waals surface area contributed by atoms with Gasteiger partial charge in [-0.25, -0.2) is 0 Å². The fraction of sp³-hybridized carbons (Fsp3) is 1.00. The molecule has 0 spiro atoms. The highest BCUT2D eigenvalue weighted by atomic mass is 14.7. The van der Waals surface area contributed by atoms with Crippen LogP contribution in [0.2, 0.25) is 0 Å². The highest BCUT2D eigenvalue weighted by Gasteiger charge is 2.42. The Morgan fingerprint density at radius 1 is 0.944 bits per heavy atom. The molecular weight excluding hydrogens is 218 g/mol. The molecule has 2 saturated carbocycles. The van der Waals surface area contributed by atoms with Gasteiger partial charge in [0.2, 0.25) is 0 Å². The van der Waals surface area contributed by atoms with E-state index in [-0.39, 0.29) is 0 Å². The molecule has 106 valence electrons. The third kappa shape index (κ3) is 3.29. The second kappa shape index (κ2) is 6.41. The summed E-state index contributed by atoms with van der Waals surface area (Å²) in [4.78, 5) is 0. The third-order valence-corrected chi connectivity index (χ3v) is 5.53. The summed E-state index contributed by atoms with van der Waals surface area (Å²) in [5, 5.41) is 0. The van der Waals surface area contributed by atoms with Crippen molar-refractivity contribution in [2.75, 3.05) is 0 Å². The zero-order valence-corrected chi connectivity index (χ0v) is 12.6. The van der Waals surface area contributed by atoms with Crippen LogP contribution in [-0.4, -0.2) is 6.04 Å². The first-order chi connectivity index (χ1) is 8.64. The van der Waals surface area contributed by atoms with E-state index in [1.807, 2.05) is 0 Å². The van der Waals surface area contributed by atoms with Crippen molar-refractivity contribution in [1.29, 1.82) is 0 Å². The molecule has 1 nitrogen and oxygen atoms in total. The first-order valence-electron chi connectivity index (χ1n) is 8.40. The summed E-state index contributed by atoms with van der Waals surface area (Å²) in [5.74, 6) is 1.63. The maximum atomic E-state index is 6.81. The van der Waals surface area contributed by atoms with E-state index in [1.54, 1.807) is 0 Å². The molecule has 2 aliphatic carbocycles. The van der Waals surface area contributed by atoms with Crippen LogP contribution in [0.1, 0.15) is 84.5 Å². The lowest BCUT2D eigenvalue weighted by molar-refractivity contribution is 0.130. The largest absolute Gasteiger partial charge is 0.327 e.